The predicted octanol–water partition coefficient (Wildman–Crippen LogP) is 2.72. The second-order valence-corrected chi connectivity index (χ2v) is 6.26. The van der Waals surface area contributed by atoms with Crippen LogP contribution in [-0.4, -0.2) is 28.3 Å². The van der Waals surface area contributed by atoms with E-state index in [1.165, 1.54) is 11.3 Å². The molecule has 0 saturated heterocycles. The van der Waals surface area contributed by atoms with Crippen molar-refractivity contribution in [3.8, 4) is 0 Å². The fraction of sp³-hybridized carbons (Fsp3) is 0.429. The number of amides is 2. The molecule has 1 aromatic heterocycles. The van der Waals surface area contributed by atoms with E-state index in [4.69, 9.17) is 0 Å². The number of anilines is 1. The third-order valence-electron chi connectivity index (χ3n) is 3.63. The molecule has 2 amide bonds. The highest BCUT2D eigenvalue weighted by Crippen LogP contribution is 2.29. The Morgan fingerprint density at radius 3 is 2.85 bits per heavy atom. The van der Waals surface area contributed by atoms with Crippen LogP contribution < -0.4 is 10.6 Å². The number of carbonyl (C=O) groups is 1. The standard InChI is InChI=1S/C14H17N3O2S/c18-12(15-9-14(19)7-3-4-8-14)17-13-16-10-5-1-2-6-11(10)20-13/h1-2,5-6,19H,3-4,7-9H2,(H2,15,16,17,18). The van der Waals surface area contributed by atoms with E-state index in [0.29, 0.717) is 11.7 Å². The van der Waals surface area contributed by atoms with Crippen LogP contribution in [0.2, 0.25) is 0 Å². The Kier molecular flexibility index (Phi) is 3.58. The molecule has 1 saturated carbocycles. The van der Waals surface area contributed by atoms with Crippen molar-refractivity contribution >= 4 is 32.7 Å². The van der Waals surface area contributed by atoms with Gasteiger partial charge < -0.3 is 10.4 Å². The number of hydrogen-bond acceptors (Lipinski definition) is 4. The second-order valence-electron chi connectivity index (χ2n) is 5.23. The van der Waals surface area contributed by atoms with Crippen molar-refractivity contribution in [3.05, 3.63) is 24.3 Å². The first-order valence-corrected chi connectivity index (χ1v) is 7.59. The molecule has 2 aromatic rings. The normalized spacial score (nSPS) is 17.2. The van der Waals surface area contributed by atoms with E-state index >= 15 is 0 Å². The van der Waals surface area contributed by atoms with Gasteiger partial charge in [0, 0.05) is 6.54 Å². The van der Waals surface area contributed by atoms with Gasteiger partial charge in [0.1, 0.15) is 0 Å². The number of benzene rings is 1. The second kappa shape index (κ2) is 5.38. The minimum absolute atomic E-state index is 0.295. The molecule has 3 rings (SSSR count). The lowest BCUT2D eigenvalue weighted by atomic mass is 10.0. The third-order valence-corrected chi connectivity index (χ3v) is 4.58. The molecule has 0 spiro atoms. The van der Waals surface area contributed by atoms with Crippen molar-refractivity contribution < 1.29 is 9.90 Å². The van der Waals surface area contributed by atoms with Gasteiger partial charge in [-0.05, 0) is 25.0 Å². The van der Waals surface area contributed by atoms with E-state index in [1.54, 1.807) is 0 Å². The maximum absolute atomic E-state index is 11.8. The summed E-state index contributed by atoms with van der Waals surface area (Å²) in [5.74, 6) is 0. The zero-order valence-corrected chi connectivity index (χ0v) is 11.9. The molecule has 1 aliphatic rings. The lowest BCUT2D eigenvalue weighted by Crippen LogP contribution is -2.42. The first-order valence-electron chi connectivity index (χ1n) is 6.77. The molecule has 0 radical (unpaired) electrons. The molecule has 5 nitrogen and oxygen atoms in total. The van der Waals surface area contributed by atoms with Crippen LogP contribution in [0.25, 0.3) is 10.2 Å². The van der Waals surface area contributed by atoms with Gasteiger partial charge >= 0.3 is 6.03 Å². The van der Waals surface area contributed by atoms with Crippen molar-refractivity contribution in [3.63, 3.8) is 0 Å². The Morgan fingerprint density at radius 2 is 2.10 bits per heavy atom. The molecule has 1 heterocycles. The van der Waals surface area contributed by atoms with Crippen LogP contribution in [0.4, 0.5) is 9.93 Å². The topological polar surface area (TPSA) is 74.2 Å². The highest BCUT2D eigenvalue weighted by molar-refractivity contribution is 7.22. The summed E-state index contributed by atoms with van der Waals surface area (Å²) in [6.45, 7) is 0.295. The molecule has 20 heavy (non-hydrogen) atoms. The van der Waals surface area contributed by atoms with Gasteiger partial charge in [-0.3, -0.25) is 5.32 Å². The Balaban J connectivity index is 1.58. The Labute approximate surface area is 121 Å². The van der Waals surface area contributed by atoms with Crippen LogP contribution in [-0.2, 0) is 0 Å². The number of para-hydroxylation sites is 1. The number of nitrogens with one attached hydrogen (secondary N) is 2. The average molecular weight is 291 g/mol. The van der Waals surface area contributed by atoms with Gasteiger partial charge in [-0.2, -0.15) is 0 Å². The largest absolute Gasteiger partial charge is 0.388 e. The van der Waals surface area contributed by atoms with Gasteiger partial charge in [0.05, 0.1) is 15.8 Å². The maximum atomic E-state index is 11.8. The number of thiazole rings is 1. The summed E-state index contributed by atoms with van der Waals surface area (Å²) in [5, 5.41) is 16.2. The summed E-state index contributed by atoms with van der Waals surface area (Å²) >= 11 is 1.44. The number of aromatic nitrogens is 1. The number of aliphatic hydroxyl groups is 1. The van der Waals surface area contributed by atoms with E-state index in [9.17, 15) is 9.90 Å². The van der Waals surface area contributed by atoms with E-state index in [-0.39, 0.29) is 6.03 Å². The lowest BCUT2D eigenvalue weighted by molar-refractivity contribution is 0.0506. The zero-order chi connectivity index (χ0) is 14.0. The number of urea groups is 1. The molecule has 1 aliphatic carbocycles. The predicted molar refractivity (Wildman–Crippen MR) is 80.1 cm³/mol. The third kappa shape index (κ3) is 2.91. The number of rotatable bonds is 3. The Bertz CT molecular complexity index is 587. The molecule has 6 heteroatoms. The number of hydrogen-bond donors (Lipinski definition) is 3. The van der Waals surface area contributed by atoms with Crippen molar-refractivity contribution in [1.82, 2.24) is 10.3 Å². The Morgan fingerprint density at radius 1 is 1.35 bits per heavy atom. The van der Waals surface area contributed by atoms with Crippen molar-refractivity contribution in [2.45, 2.75) is 31.3 Å². The van der Waals surface area contributed by atoms with Gasteiger partial charge in [0.25, 0.3) is 0 Å². The van der Waals surface area contributed by atoms with E-state index in [1.807, 2.05) is 24.3 Å². The van der Waals surface area contributed by atoms with Crippen LogP contribution in [0.1, 0.15) is 25.7 Å². The summed E-state index contributed by atoms with van der Waals surface area (Å²) in [4.78, 5) is 16.2. The van der Waals surface area contributed by atoms with Gasteiger partial charge in [-0.15, -0.1) is 0 Å². The van der Waals surface area contributed by atoms with Crippen LogP contribution >= 0.6 is 11.3 Å². The van der Waals surface area contributed by atoms with Crippen molar-refractivity contribution in [2.75, 3.05) is 11.9 Å². The summed E-state index contributed by atoms with van der Waals surface area (Å²) in [7, 11) is 0. The minimum Gasteiger partial charge on any atom is -0.388 e. The number of fused-ring (bicyclic) bond motifs is 1. The zero-order valence-electron chi connectivity index (χ0n) is 11.1. The van der Waals surface area contributed by atoms with E-state index < -0.39 is 5.60 Å². The summed E-state index contributed by atoms with van der Waals surface area (Å²) < 4.78 is 1.04. The number of nitrogens with zero attached hydrogens (tertiary/aromatic N) is 1. The first-order chi connectivity index (χ1) is 9.65. The first kappa shape index (κ1) is 13.3. The van der Waals surface area contributed by atoms with E-state index in [0.717, 1.165) is 35.9 Å². The van der Waals surface area contributed by atoms with Crippen LogP contribution in [0.3, 0.4) is 0 Å². The van der Waals surface area contributed by atoms with Gasteiger partial charge in [0.15, 0.2) is 5.13 Å². The fourth-order valence-corrected chi connectivity index (χ4v) is 3.38. The quantitative estimate of drug-likeness (QED) is 0.814. The number of carbonyl (C=O) groups excluding carboxylic acids is 1. The lowest BCUT2D eigenvalue weighted by Gasteiger charge is -2.22. The highest BCUT2D eigenvalue weighted by Gasteiger charge is 2.31. The SMILES string of the molecule is O=C(NCC1(O)CCCC1)Nc1nc2ccccc2s1. The Hall–Kier alpha value is -1.66. The molecular formula is C14H17N3O2S. The van der Waals surface area contributed by atoms with Gasteiger partial charge in [-0.25, -0.2) is 9.78 Å². The highest BCUT2D eigenvalue weighted by atomic mass is 32.1. The molecule has 1 fully saturated rings. The van der Waals surface area contributed by atoms with Crippen LogP contribution in [0.15, 0.2) is 24.3 Å². The molecule has 1 aromatic carbocycles. The molecule has 0 atom stereocenters. The fourth-order valence-electron chi connectivity index (χ4n) is 2.52. The van der Waals surface area contributed by atoms with Crippen molar-refractivity contribution in [2.24, 2.45) is 0 Å². The summed E-state index contributed by atoms with van der Waals surface area (Å²) in [5.41, 5.74) is 0.146. The molecular weight excluding hydrogens is 274 g/mol. The van der Waals surface area contributed by atoms with Gasteiger partial charge in [0.2, 0.25) is 0 Å². The molecule has 0 unspecified atom stereocenters. The van der Waals surface area contributed by atoms with Crippen molar-refractivity contribution in [1.29, 1.82) is 0 Å². The molecule has 0 bridgehead atoms. The average Bonchev–Trinajstić information content (AvgIpc) is 3.03. The summed E-state index contributed by atoms with van der Waals surface area (Å²) in [6, 6.07) is 7.43. The smallest absolute Gasteiger partial charge is 0.321 e. The molecule has 3 N–H and O–H groups in total. The molecule has 0 aliphatic heterocycles. The summed E-state index contributed by atoms with van der Waals surface area (Å²) in [6.07, 6.45) is 3.57. The molecule has 106 valence electrons. The minimum atomic E-state index is -0.731. The monoisotopic (exact) mass is 291 g/mol. The maximum Gasteiger partial charge on any atom is 0.321 e. The van der Waals surface area contributed by atoms with Crippen LogP contribution in [0, 0.1) is 0 Å². The van der Waals surface area contributed by atoms with E-state index in [2.05, 4.69) is 15.6 Å². The van der Waals surface area contributed by atoms with Gasteiger partial charge in [-0.1, -0.05) is 36.3 Å². The van der Waals surface area contributed by atoms with Crippen LogP contribution in [0.5, 0.6) is 0 Å².